The van der Waals surface area contributed by atoms with Gasteiger partial charge in [-0.25, -0.2) is 0 Å². The van der Waals surface area contributed by atoms with Crippen LogP contribution in [0.25, 0.3) is 0 Å². The number of hydrogen-bond acceptors (Lipinski definition) is 2. The van der Waals surface area contributed by atoms with Gasteiger partial charge in [-0.15, -0.1) is 0 Å². The van der Waals surface area contributed by atoms with Gasteiger partial charge in [0.15, 0.2) is 0 Å². The minimum Gasteiger partial charge on any atom is -0.297 e. The van der Waals surface area contributed by atoms with Crippen molar-refractivity contribution in [3.8, 4) is 0 Å². The minimum absolute atomic E-state index is 0.538. The van der Waals surface area contributed by atoms with Crippen LogP contribution in [0.1, 0.15) is 31.4 Å². The standard InChI is InChI=1S/C11H16N2/c1-10(13-7-2-3-8-13)11-5-4-6-12-9-11/h4-6,9-10H,2-3,7-8H2,1H3. The summed E-state index contributed by atoms with van der Waals surface area (Å²) >= 11 is 0. The molecular weight excluding hydrogens is 160 g/mol. The molecule has 1 saturated heterocycles. The molecule has 2 heterocycles. The zero-order valence-electron chi connectivity index (χ0n) is 8.11. The van der Waals surface area contributed by atoms with Crippen LogP contribution in [0.2, 0.25) is 0 Å². The summed E-state index contributed by atoms with van der Waals surface area (Å²) in [6.07, 6.45) is 6.51. The van der Waals surface area contributed by atoms with E-state index in [-0.39, 0.29) is 0 Å². The Morgan fingerprint density at radius 3 is 2.77 bits per heavy atom. The molecule has 1 fully saturated rings. The van der Waals surface area contributed by atoms with Crippen molar-refractivity contribution in [3.05, 3.63) is 30.1 Å². The maximum atomic E-state index is 4.15. The maximum Gasteiger partial charge on any atom is 0.0335 e. The van der Waals surface area contributed by atoms with E-state index < -0.39 is 0 Å². The number of aromatic nitrogens is 1. The van der Waals surface area contributed by atoms with Crippen molar-refractivity contribution in [1.82, 2.24) is 9.88 Å². The van der Waals surface area contributed by atoms with Gasteiger partial charge in [0.05, 0.1) is 0 Å². The maximum absolute atomic E-state index is 4.15. The van der Waals surface area contributed by atoms with Gasteiger partial charge in [-0.05, 0) is 44.5 Å². The molecule has 1 aliphatic rings. The Morgan fingerprint density at radius 1 is 1.38 bits per heavy atom. The van der Waals surface area contributed by atoms with Crippen LogP contribution in [-0.4, -0.2) is 23.0 Å². The van der Waals surface area contributed by atoms with Gasteiger partial charge in [0.1, 0.15) is 0 Å². The van der Waals surface area contributed by atoms with Crippen LogP contribution in [0.3, 0.4) is 0 Å². The molecule has 2 rings (SSSR count). The van der Waals surface area contributed by atoms with E-state index >= 15 is 0 Å². The predicted molar refractivity (Wildman–Crippen MR) is 53.5 cm³/mol. The van der Waals surface area contributed by atoms with Crippen molar-refractivity contribution >= 4 is 0 Å². The van der Waals surface area contributed by atoms with E-state index in [9.17, 15) is 0 Å². The molecule has 2 nitrogen and oxygen atoms in total. The SMILES string of the molecule is CC(c1cccnc1)N1CCCC1. The normalized spacial score (nSPS) is 20.4. The van der Waals surface area contributed by atoms with Crippen LogP contribution >= 0.6 is 0 Å². The van der Waals surface area contributed by atoms with Crippen LogP contribution in [0.15, 0.2) is 24.5 Å². The third kappa shape index (κ3) is 1.89. The number of rotatable bonds is 2. The third-order valence-electron chi connectivity index (χ3n) is 2.86. The zero-order valence-corrected chi connectivity index (χ0v) is 8.11. The van der Waals surface area contributed by atoms with Crippen LogP contribution in [0, 0.1) is 0 Å². The Labute approximate surface area is 79.6 Å². The third-order valence-corrected chi connectivity index (χ3v) is 2.86. The van der Waals surface area contributed by atoms with Crippen LogP contribution in [0.4, 0.5) is 0 Å². The highest BCUT2D eigenvalue weighted by atomic mass is 15.2. The number of likely N-dealkylation sites (tertiary alicyclic amines) is 1. The first-order valence-electron chi connectivity index (χ1n) is 5.02. The first-order chi connectivity index (χ1) is 6.38. The summed E-state index contributed by atoms with van der Waals surface area (Å²) in [6, 6.07) is 4.72. The Balaban J connectivity index is 2.08. The highest BCUT2D eigenvalue weighted by molar-refractivity contribution is 5.13. The van der Waals surface area contributed by atoms with E-state index in [4.69, 9.17) is 0 Å². The van der Waals surface area contributed by atoms with Gasteiger partial charge in [0.2, 0.25) is 0 Å². The van der Waals surface area contributed by atoms with Crippen molar-refractivity contribution in [2.45, 2.75) is 25.8 Å². The van der Waals surface area contributed by atoms with Crippen LogP contribution < -0.4 is 0 Å². The molecule has 0 radical (unpaired) electrons. The zero-order chi connectivity index (χ0) is 9.10. The van der Waals surface area contributed by atoms with Crippen LogP contribution in [-0.2, 0) is 0 Å². The largest absolute Gasteiger partial charge is 0.297 e. The summed E-state index contributed by atoms with van der Waals surface area (Å²) in [7, 11) is 0. The lowest BCUT2D eigenvalue weighted by molar-refractivity contribution is 0.263. The molecule has 0 aromatic carbocycles. The molecule has 1 aromatic heterocycles. The van der Waals surface area contributed by atoms with E-state index in [0.29, 0.717) is 6.04 Å². The number of hydrogen-bond donors (Lipinski definition) is 0. The van der Waals surface area contributed by atoms with Gasteiger partial charge in [-0.3, -0.25) is 9.88 Å². The molecule has 0 bridgehead atoms. The molecule has 2 heteroatoms. The van der Waals surface area contributed by atoms with E-state index in [1.807, 2.05) is 18.5 Å². The number of pyridine rings is 1. The first-order valence-corrected chi connectivity index (χ1v) is 5.02. The fourth-order valence-electron chi connectivity index (χ4n) is 1.96. The van der Waals surface area contributed by atoms with E-state index in [1.54, 1.807) is 0 Å². The summed E-state index contributed by atoms with van der Waals surface area (Å²) in [5, 5.41) is 0. The van der Waals surface area contributed by atoms with Gasteiger partial charge in [-0.1, -0.05) is 6.07 Å². The Kier molecular flexibility index (Phi) is 2.60. The van der Waals surface area contributed by atoms with Gasteiger partial charge >= 0.3 is 0 Å². The van der Waals surface area contributed by atoms with Crippen LogP contribution in [0.5, 0.6) is 0 Å². The van der Waals surface area contributed by atoms with Gasteiger partial charge < -0.3 is 0 Å². The van der Waals surface area contributed by atoms with Crippen molar-refractivity contribution in [3.63, 3.8) is 0 Å². The lowest BCUT2D eigenvalue weighted by atomic mass is 10.1. The van der Waals surface area contributed by atoms with Gasteiger partial charge in [0.25, 0.3) is 0 Å². The fourth-order valence-corrected chi connectivity index (χ4v) is 1.96. The smallest absolute Gasteiger partial charge is 0.0335 e. The Hall–Kier alpha value is -0.890. The second-order valence-corrected chi connectivity index (χ2v) is 3.71. The summed E-state index contributed by atoms with van der Waals surface area (Å²) in [4.78, 5) is 6.68. The number of nitrogens with zero attached hydrogens (tertiary/aromatic N) is 2. The second-order valence-electron chi connectivity index (χ2n) is 3.71. The topological polar surface area (TPSA) is 16.1 Å². The van der Waals surface area contributed by atoms with Crippen molar-refractivity contribution in [2.75, 3.05) is 13.1 Å². The first kappa shape index (κ1) is 8.70. The average Bonchev–Trinajstić information content (AvgIpc) is 2.71. The summed E-state index contributed by atoms with van der Waals surface area (Å²) < 4.78 is 0. The predicted octanol–water partition coefficient (Wildman–Crippen LogP) is 2.24. The fraction of sp³-hybridized carbons (Fsp3) is 0.545. The highest BCUT2D eigenvalue weighted by Crippen LogP contribution is 2.23. The van der Waals surface area contributed by atoms with Crippen molar-refractivity contribution < 1.29 is 0 Å². The molecule has 70 valence electrons. The van der Waals surface area contributed by atoms with E-state index in [2.05, 4.69) is 22.9 Å². The summed E-state index contributed by atoms with van der Waals surface area (Å²) in [5.74, 6) is 0. The lowest BCUT2D eigenvalue weighted by Crippen LogP contribution is -2.23. The lowest BCUT2D eigenvalue weighted by Gasteiger charge is -2.23. The molecule has 1 unspecified atom stereocenters. The van der Waals surface area contributed by atoms with Crippen molar-refractivity contribution in [1.29, 1.82) is 0 Å². The monoisotopic (exact) mass is 176 g/mol. The summed E-state index contributed by atoms with van der Waals surface area (Å²) in [5.41, 5.74) is 1.34. The molecule has 1 aromatic rings. The molecular formula is C11H16N2. The molecule has 0 amide bonds. The molecule has 0 N–H and O–H groups in total. The molecule has 0 aliphatic carbocycles. The Bertz CT molecular complexity index is 252. The highest BCUT2D eigenvalue weighted by Gasteiger charge is 2.18. The van der Waals surface area contributed by atoms with Gasteiger partial charge in [0, 0.05) is 18.4 Å². The summed E-state index contributed by atoms with van der Waals surface area (Å²) in [6.45, 7) is 4.76. The second kappa shape index (κ2) is 3.88. The Morgan fingerprint density at radius 2 is 2.15 bits per heavy atom. The quantitative estimate of drug-likeness (QED) is 0.687. The molecule has 1 aliphatic heterocycles. The van der Waals surface area contributed by atoms with E-state index in [1.165, 1.54) is 31.5 Å². The molecule has 0 spiro atoms. The van der Waals surface area contributed by atoms with E-state index in [0.717, 1.165) is 0 Å². The van der Waals surface area contributed by atoms with Crippen molar-refractivity contribution in [2.24, 2.45) is 0 Å². The minimum atomic E-state index is 0.538. The molecule has 1 atom stereocenters. The molecule has 0 saturated carbocycles. The van der Waals surface area contributed by atoms with Gasteiger partial charge in [-0.2, -0.15) is 0 Å². The average molecular weight is 176 g/mol. The molecule has 13 heavy (non-hydrogen) atoms.